The fourth-order valence-electron chi connectivity index (χ4n) is 2.56. The Morgan fingerprint density at radius 3 is 2.57 bits per heavy atom. The molecule has 2 aromatic carbocycles. The number of benzene rings is 2. The molecule has 0 amide bonds. The number of thiazole rings is 1. The summed E-state index contributed by atoms with van der Waals surface area (Å²) < 4.78 is 35.0. The molecule has 7 nitrogen and oxygen atoms in total. The van der Waals surface area contributed by atoms with Crippen LogP contribution in [-0.4, -0.2) is 25.6 Å². The summed E-state index contributed by atoms with van der Waals surface area (Å²) in [5, 5.41) is 0. The Hall–Kier alpha value is -2.65. The van der Waals surface area contributed by atoms with Crippen molar-refractivity contribution in [1.82, 2.24) is 4.57 Å². The SMILES string of the molecule is CCCCOC(=O)c1ccc(NS(=O)(=O)c2ccc3c(c2)sc(=O)n3C)cc1. The Labute approximate surface area is 166 Å². The first-order valence-electron chi connectivity index (χ1n) is 8.71. The fourth-order valence-corrected chi connectivity index (χ4v) is 4.64. The van der Waals surface area contributed by atoms with E-state index >= 15 is 0 Å². The van der Waals surface area contributed by atoms with Gasteiger partial charge in [0.2, 0.25) is 0 Å². The number of unbranched alkanes of at least 4 members (excludes halogenated alkanes) is 1. The highest BCUT2D eigenvalue weighted by molar-refractivity contribution is 7.92. The van der Waals surface area contributed by atoms with Gasteiger partial charge in [-0.3, -0.25) is 9.52 Å². The molecule has 0 bridgehead atoms. The molecule has 0 aliphatic carbocycles. The normalized spacial score (nSPS) is 11.5. The Morgan fingerprint density at radius 1 is 1.18 bits per heavy atom. The second kappa shape index (κ2) is 8.15. The number of aryl methyl sites for hydroxylation is 1. The van der Waals surface area contributed by atoms with Crippen LogP contribution in [0.1, 0.15) is 30.1 Å². The molecule has 0 atom stereocenters. The smallest absolute Gasteiger partial charge is 0.338 e. The minimum Gasteiger partial charge on any atom is -0.462 e. The molecule has 0 aliphatic heterocycles. The number of nitrogens with one attached hydrogen (secondary N) is 1. The number of fused-ring (bicyclic) bond motifs is 1. The minimum absolute atomic E-state index is 0.0601. The van der Waals surface area contributed by atoms with Gasteiger partial charge in [-0.2, -0.15) is 0 Å². The van der Waals surface area contributed by atoms with Gasteiger partial charge < -0.3 is 9.30 Å². The van der Waals surface area contributed by atoms with Crippen LogP contribution in [0, 0.1) is 0 Å². The average molecular weight is 421 g/mol. The summed E-state index contributed by atoms with van der Waals surface area (Å²) in [7, 11) is -2.19. The van der Waals surface area contributed by atoms with Crippen molar-refractivity contribution < 1.29 is 17.9 Å². The van der Waals surface area contributed by atoms with Crippen molar-refractivity contribution >= 4 is 43.2 Å². The third-order valence-corrected chi connectivity index (χ3v) is 6.55. The number of aromatic nitrogens is 1. The van der Waals surface area contributed by atoms with Crippen LogP contribution < -0.4 is 9.60 Å². The van der Waals surface area contributed by atoms with Crippen molar-refractivity contribution in [2.45, 2.75) is 24.7 Å². The third-order valence-electron chi connectivity index (χ3n) is 4.18. The zero-order valence-electron chi connectivity index (χ0n) is 15.5. The zero-order chi connectivity index (χ0) is 20.3. The standard InChI is InChI=1S/C19H20N2O5S2/c1-3-4-11-26-18(22)13-5-7-14(8-6-13)20-28(24,25)15-9-10-16-17(12-15)27-19(23)21(16)2/h5-10,12,20H,3-4,11H2,1-2H3. The third kappa shape index (κ3) is 4.26. The van der Waals surface area contributed by atoms with E-state index in [2.05, 4.69) is 4.72 Å². The maximum absolute atomic E-state index is 12.6. The van der Waals surface area contributed by atoms with Crippen LogP contribution in [0.2, 0.25) is 0 Å². The molecule has 0 unspecified atom stereocenters. The number of esters is 1. The van der Waals surface area contributed by atoms with Crippen LogP contribution in [0.4, 0.5) is 5.69 Å². The van der Waals surface area contributed by atoms with E-state index in [1.165, 1.54) is 41.0 Å². The summed E-state index contributed by atoms with van der Waals surface area (Å²) in [6.45, 7) is 2.36. The molecule has 0 spiro atoms. The molecule has 3 aromatic rings. The Bertz CT molecular complexity index is 1160. The summed E-state index contributed by atoms with van der Waals surface area (Å²) in [4.78, 5) is 23.5. The number of hydrogen-bond acceptors (Lipinski definition) is 6. The molecule has 0 saturated heterocycles. The fraction of sp³-hybridized carbons (Fsp3) is 0.263. The van der Waals surface area contributed by atoms with Gasteiger partial charge in [0.25, 0.3) is 10.0 Å². The lowest BCUT2D eigenvalue weighted by Crippen LogP contribution is -2.13. The number of anilines is 1. The van der Waals surface area contributed by atoms with E-state index in [-0.39, 0.29) is 9.77 Å². The van der Waals surface area contributed by atoms with Crippen molar-refractivity contribution in [3.63, 3.8) is 0 Å². The summed E-state index contributed by atoms with van der Waals surface area (Å²) in [5.41, 5.74) is 1.36. The van der Waals surface area contributed by atoms with Gasteiger partial charge in [0.15, 0.2) is 0 Å². The molecule has 0 radical (unpaired) electrons. The molecule has 1 N–H and O–H groups in total. The Morgan fingerprint density at radius 2 is 1.89 bits per heavy atom. The quantitative estimate of drug-likeness (QED) is 0.467. The highest BCUT2D eigenvalue weighted by atomic mass is 32.2. The van der Waals surface area contributed by atoms with Crippen molar-refractivity contribution in [2.75, 3.05) is 11.3 Å². The first-order chi connectivity index (χ1) is 13.3. The molecule has 28 heavy (non-hydrogen) atoms. The molecule has 0 saturated carbocycles. The van der Waals surface area contributed by atoms with E-state index in [9.17, 15) is 18.0 Å². The molecular weight excluding hydrogens is 400 g/mol. The molecule has 0 aliphatic rings. The second-order valence-electron chi connectivity index (χ2n) is 6.23. The highest BCUT2D eigenvalue weighted by Crippen LogP contribution is 2.23. The number of sulfonamides is 1. The van der Waals surface area contributed by atoms with Gasteiger partial charge in [0.1, 0.15) is 0 Å². The lowest BCUT2D eigenvalue weighted by Gasteiger charge is -2.09. The largest absolute Gasteiger partial charge is 0.462 e. The first-order valence-corrected chi connectivity index (χ1v) is 11.0. The monoisotopic (exact) mass is 420 g/mol. The second-order valence-corrected chi connectivity index (χ2v) is 8.90. The Kier molecular flexibility index (Phi) is 5.85. The molecule has 1 heterocycles. The van der Waals surface area contributed by atoms with Crippen LogP contribution >= 0.6 is 11.3 Å². The van der Waals surface area contributed by atoms with Crippen molar-refractivity contribution in [1.29, 1.82) is 0 Å². The number of carbonyl (C=O) groups excluding carboxylic acids is 1. The number of hydrogen-bond donors (Lipinski definition) is 1. The van der Waals surface area contributed by atoms with Crippen LogP contribution in [-0.2, 0) is 21.8 Å². The van der Waals surface area contributed by atoms with Gasteiger partial charge >= 0.3 is 10.8 Å². The van der Waals surface area contributed by atoms with Gasteiger partial charge in [-0.15, -0.1) is 0 Å². The number of ether oxygens (including phenoxy) is 1. The predicted molar refractivity (Wildman–Crippen MR) is 110 cm³/mol. The number of nitrogens with zero attached hydrogens (tertiary/aromatic N) is 1. The molecule has 0 fully saturated rings. The van der Waals surface area contributed by atoms with E-state index in [4.69, 9.17) is 4.74 Å². The summed E-state index contributed by atoms with van der Waals surface area (Å²) >= 11 is 0.992. The highest BCUT2D eigenvalue weighted by Gasteiger charge is 2.17. The van der Waals surface area contributed by atoms with E-state index < -0.39 is 16.0 Å². The topological polar surface area (TPSA) is 94.5 Å². The van der Waals surface area contributed by atoms with E-state index in [1.54, 1.807) is 13.1 Å². The van der Waals surface area contributed by atoms with E-state index in [0.29, 0.717) is 28.1 Å². The molecule has 3 rings (SSSR count). The summed E-state index contributed by atoms with van der Waals surface area (Å²) in [6.07, 6.45) is 1.73. The Balaban J connectivity index is 1.77. The maximum atomic E-state index is 12.6. The van der Waals surface area contributed by atoms with Crippen LogP contribution in [0.3, 0.4) is 0 Å². The first kappa shape index (κ1) is 20.1. The van der Waals surface area contributed by atoms with Gasteiger partial charge in [0.05, 0.1) is 27.3 Å². The van der Waals surface area contributed by atoms with Crippen LogP contribution in [0.25, 0.3) is 10.2 Å². The zero-order valence-corrected chi connectivity index (χ0v) is 17.1. The van der Waals surface area contributed by atoms with Gasteiger partial charge in [0, 0.05) is 12.7 Å². The van der Waals surface area contributed by atoms with E-state index in [0.717, 1.165) is 24.2 Å². The van der Waals surface area contributed by atoms with Crippen molar-refractivity contribution in [3.05, 3.63) is 57.7 Å². The lowest BCUT2D eigenvalue weighted by atomic mass is 10.2. The average Bonchev–Trinajstić information content (AvgIpc) is 2.95. The number of rotatable bonds is 7. The van der Waals surface area contributed by atoms with Crippen molar-refractivity contribution in [3.8, 4) is 0 Å². The number of carbonyl (C=O) groups is 1. The van der Waals surface area contributed by atoms with Gasteiger partial charge in [-0.25, -0.2) is 13.2 Å². The lowest BCUT2D eigenvalue weighted by molar-refractivity contribution is 0.0500. The molecule has 1 aromatic heterocycles. The van der Waals surface area contributed by atoms with Crippen LogP contribution in [0.5, 0.6) is 0 Å². The summed E-state index contributed by atoms with van der Waals surface area (Å²) in [6, 6.07) is 10.6. The maximum Gasteiger partial charge on any atom is 0.338 e. The predicted octanol–water partition coefficient (Wildman–Crippen LogP) is 3.36. The van der Waals surface area contributed by atoms with Crippen molar-refractivity contribution in [2.24, 2.45) is 7.05 Å². The van der Waals surface area contributed by atoms with E-state index in [1.807, 2.05) is 6.92 Å². The van der Waals surface area contributed by atoms with Gasteiger partial charge in [-0.05, 0) is 48.9 Å². The van der Waals surface area contributed by atoms with Crippen LogP contribution in [0.15, 0.2) is 52.2 Å². The summed E-state index contributed by atoms with van der Waals surface area (Å²) in [5.74, 6) is -0.438. The molecular formula is C19H20N2O5S2. The molecule has 9 heteroatoms. The van der Waals surface area contributed by atoms with Gasteiger partial charge in [-0.1, -0.05) is 24.7 Å². The molecule has 148 valence electrons. The minimum atomic E-state index is -3.83.